The number of alkyl halides is 3. The number of esters is 1. The van der Waals surface area contributed by atoms with Gasteiger partial charge in [-0.05, 0) is 31.5 Å². The van der Waals surface area contributed by atoms with E-state index in [-0.39, 0.29) is 17.3 Å². The van der Waals surface area contributed by atoms with Crippen molar-refractivity contribution in [2.45, 2.75) is 32.5 Å². The summed E-state index contributed by atoms with van der Waals surface area (Å²) in [5, 5.41) is 2.80. The van der Waals surface area contributed by atoms with Gasteiger partial charge in [-0.1, -0.05) is 18.5 Å². The predicted molar refractivity (Wildman–Crippen MR) is 70.8 cm³/mol. The summed E-state index contributed by atoms with van der Waals surface area (Å²) >= 11 is 5.85. The zero-order valence-corrected chi connectivity index (χ0v) is 11.8. The summed E-state index contributed by atoms with van der Waals surface area (Å²) in [5.41, 5.74) is -0.774. The van der Waals surface area contributed by atoms with E-state index in [9.17, 15) is 18.0 Å². The van der Waals surface area contributed by atoms with Gasteiger partial charge >= 0.3 is 12.1 Å². The van der Waals surface area contributed by atoms with Crippen LogP contribution in [0.2, 0.25) is 5.02 Å². The van der Waals surface area contributed by atoms with Crippen LogP contribution in [0.3, 0.4) is 0 Å². The van der Waals surface area contributed by atoms with Gasteiger partial charge in [0.2, 0.25) is 0 Å². The fraction of sp³-hybridized carbons (Fsp3) is 0.462. The molecule has 1 rings (SSSR count). The van der Waals surface area contributed by atoms with Gasteiger partial charge in [-0.2, -0.15) is 13.2 Å². The largest absolute Gasteiger partial charge is 0.464 e. The van der Waals surface area contributed by atoms with Crippen molar-refractivity contribution in [3.63, 3.8) is 0 Å². The number of anilines is 1. The Hall–Kier alpha value is -1.43. The maximum absolute atomic E-state index is 12.6. The van der Waals surface area contributed by atoms with Crippen LogP contribution in [0.5, 0.6) is 0 Å². The summed E-state index contributed by atoms with van der Waals surface area (Å²) in [5.74, 6) is -0.525. The van der Waals surface area contributed by atoms with Crippen LogP contribution in [-0.4, -0.2) is 18.6 Å². The minimum Gasteiger partial charge on any atom is -0.464 e. The minimum atomic E-state index is -4.47. The Labute approximate surface area is 120 Å². The van der Waals surface area contributed by atoms with Crippen molar-refractivity contribution in [2.24, 2.45) is 0 Å². The number of carbonyl (C=O) groups is 1. The molecule has 0 aliphatic carbocycles. The molecule has 0 radical (unpaired) electrons. The van der Waals surface area contributed by atoms with Crippen LogP contribution in [0.4, 0.5) is 18.9 Å². The van der Waals surface area contributed by atoms with E-state index in [4.69, 9.17) is 16.3 Å². The second kappa shape index (κ2) is 6.83. The van der Waals surface area contributed by atoms with Gasteiger partial charge in [-0.3, -0.25) is 0 Å². The summed E-state index contributed by atoms with van der Waals surface area (Å²) in [6.45, 7) is 3.57. The van der Waals surface area contributed by atoms with Gasteiger partial charge in [0.1, 0.15) is 6.04 Å². The molecule has 1 N–H and O–H groups in total. The van der Waals surface area contributed by atoms with E-state index in [1.807, 2.05) is 0 Å². The number of hydrogen-bond acceptors (Lipinski definition) is 3. The average molecular weight is 310 g/mol. The monoisotopic (exact) mass is 309 g/mol. The van der Waals surface area contributed by atoms with E-state index in [1.165, 1.54) is 0 Å². The lowest BCUT2D eigenvalue weighted by Gasteiger charge is -2.18. The maximum atomic E-state index is 12.6. The van der Waals surface area contributed by atoms with Gasteiger partial charge in [0.25, 0.3) is 0 Å². The number of rotatable bonds is 5. The fourth-order valence-electron chi connectivity index (χ4n) is 1.57. The van der Waals surface area contributed by atoms with Crippen molar-refractivity contribution in [3.05, 3.63) is 28.8 Å². The standard InChI is InChI=1S/C13H15ClF3NO2/c1-3-10(12(19)20-4-2)18-11-7-8(13(15,16)17)5-6-9(11)14/h5-7,10,18H,3-4H2,1-2H3. The van der Waals surface area contributed by atoms with E-state index < -0.39 is 23.8 Å². The van der Waals surface area contributed by atoms with Crippen molar-refractivity contribution in [2.75, 3.05) is 11.9 Å². The molecule has 1 atom stereocenters. The third-order valence-corrected chi connectivity index (χ3v) is 2.93. The highest BCUT2D eigenvalue weighted by Gasteiger charge is 2.31. The van der Waals surface area contributed by atoms with E-state index in [0.29, 0.717) is 6.42 Å². The molecule has 0 aliphatic rings. The molecule has 112 valence electrons. The Bertz CT molecular complexity index is 477. The number of hydrogen-bond donors (Lipinski definition) is 1. The summed E-state index contributed by atoms with van der Waals surface area (Å²) < 4.78 is 42.7. The lowest BCUT2D eigenvalue weighted by atomic mass is 10.1. The number of ether oxygens (including phenoxy) is 1. The minimum absolute atomic E-state index is 0.0568. The van der Waals surface area contributed by atoms with E-state index in [1.54, 1.807) is 13.8 Å². The third-order valence-electron chi connectivity index (χ3n) is 2.60. The van der Waals surface area contributed by atoms with Crippen LogP contribution >= 0.6 is 11.6 Å². The first-order chi connectivity index (χ1) is 9.29. The van der Waals surface area contributed by atoms with E-state index in [2.05, 4.69) is 5.32 Å². The quantitative estimate of drug-likeness (QED) is 0.832. The van der Waals surface area contributed by atoms with Crippen molar-refractivity contribution in [1.29, 1.82) is 0 Å². The molecule has 0 aromatic heterocycles. The van der Waals surface area contributed by atoms with E-state index in [0.717, 1.165) is 18.2 Å². The second-order valence-electron chi connectivity index (χ2n) is 4.05. The molecule has 20 heavy (non-hydrogen) atoms. The highest BCUT2D eigenvalue weighted by molar-refractivity contribution is 6.33. The van der Waals surface area contributed by atoms with E-state index >= 15 is 0 Å². The maximum Gasteiger partial charge on any atom is 0.416 e. The van der Waals surface area contributed by atoms with Crippen molar-refractivity contribution in [1.82, 2.24) is 0 Å². The molecule has 1 aromatic carbocycles. The lowest BCUT2D eigenvalue weighted by Crippen LogP contribution is -2.30. The molecule has 0 fully saturated rings. The molecular formula is C13H15ClF3NO2. The molecule has 1 unspecified atom stereocenters. The number of benzene rings is 1. The molecular weight excluding hydrogens is 295 g/mol. The molecule has 0 saturated heterocycles. The lowest BCUT2D eigenvalue weighted by molar-refractivity contribution is -0.144. The Kier molecular flexibility index (Phi) is 5.68. The van der Waals surface area contributed by atoms with Crippen LogP contribution in [0.1, 0.15) is 25.8 Å². The zero-order chi connectivity index (χ0) is 15.3. The van der Waals surface area contributed by atoms with Crippen LogP contribution in [0.15, 0.2) is 18.2 Å². The van der Waals surface area contributed by atoms with Gasteiger partial charge in [0.05, 0.1) is 22.9 Å². The first-order valence-corrected chi connectivity index (χ1v) is 6.47. The Morgan fingerprint density at radius 1 is 1.40 bits per heavy atom. The third kappa shape index (κ3) is 4.30. The van der Waals surface area contributed by atoms with Gasteiger partial charge in [-0.25, -0.2) is 4.79 Å². The SMILES string of the molecule is CCOC(=O)C(CC)Nc1cc(C(F)(F)F)ccc1Cl. The molecule has 7 heteroatoms. The Morgan fingerprint density at radius 3 is 2.55 bits per heavy atom. The molecule has 1 aromatic rings. The summed E-state index contributed by atoms with van der Waals surface area (Å²) in [4.78, 5) is 11.6. The Morgan fingerprint density at radius 2 is 2.05 bits per heavy atom. The molecule has 0 amide bonds. The highest BCUT2D eigenvalue weighted by Crippen LogP contribution is 2.34. The molecule has 0 saturated carbocycles. The van der Waals surface area contributed by atoms with Gasteiger partial charge in [-0.15, -0.1) is 0 Å². The average Bonchev–Trinajstić information content (AvgIpc) is 2.36. The number of halogens is 4. The van der Waals surface area contributed by atoms with Crippen LogP contribution < -0.4 is 5.32 Å². The van der Waals surface area contributed by atoms with Crippen molar-refractivity contribution < 1.29 is 22.7 Å². The molecule has 0 aliphatic heterocycles. The highest BCUT2D eigenvalue weighted by atomic mass is 35.5. The van der Waals surface area contributed by atoms with Crippen LogP contribution in [0.25, 0.3) is 0 Å². The first-order valence-electron chi connectivity index (χ1n) is 6.09. The smallest absolute Gasteiger partial charge is 0.416 e. The normalized spacial score (nSPS) is 12.9. The predicted octanol–water partition coefficient (Wildman–Crippen LogP) is 4.11. The van der Waals surface area contributed by atoms with Gasteiger partial charge in [0.15, 0.2) is 0 Å². The fourth-order valence-corrected chi connectivity index (χ4v) is 1.74. The molecule has 0 bridgehead atoms. The summed E-state index contributed by atoms with van der Waals surface area (Å²) in [6, 6.07) is 2.17. The molecule has 0 spiro atoms. The van der Waals surface area contributed by atoms with Gasteiger partial charge in [0, 0.05) is 0 Å². The number of nitrogens with one attached hydrogen (secondary N) is 1. The Balaban J connectivity index is 2.98. The van der Waals surface area contributed by atoms with Crippen LogP contribution in [-0.2, 0) is 15.7 Å². The zero-order valence-electron chi connectivity index (χ0n) is 11.1. The topological polar surface area (TPSA) is 38.3 Å². The van der Waals surface area contributed by atoms with Gasteiger partial charge < -0.3 is 10.1 Å². The first kappa shape index (κ1) is 16.6. The number of carbonyl (C=O) groups excluding carboxylic acids is 1. The summed E-state index contributed by atoms with van der Waals surface area (Å²) in [7, 11) is 0. The van der Waals surface area contributed by atoms with Crippen molar-refractivity contribution >= 4 is 23.3 Å². The van der Waals surface area contributed by atoms with Crippen LogP contribution in [0, 0.1) is 0 Å². The summed E-state index contributed by atoms with van der Waals surface area (Å²) in [6.07, 6.45) is -4.10. The molecule has 0 heterocycles. The second-order valence-corrected chi connectivity index (χ2v) is 4.46. The van der Waals surface area contributed by atoms with Crippen molar-refractivity contribution in [3.8, 4) is 0 Å². The molecule has 3 nitrogen and oxygen atoms in total.